The van der Waals surface area contributed by atoms with Crippen molar-refractivity contribution in [2.24, 2.45) is 0 Å². The number of aliphatic hydroxyl groups is 4. The molecule has 0 amide bonds. The molecule has 6 atom stereocenters. The minimum Gasteiger partial charge on any atom is -0.462 e. The highest BCUT2D eigenvalue weighted by atomic mass is 16.7. The third-order valence-corrected chi connectivity index (χ3v) is 8.15. The summed E-state index contributed by atoms with van der Waals surface area (Å²) in [7, 11) is 0. The molecule has 10 heteroatoms. The van der Waals surface area contributed by atoms with Crippen molar-refractivity contribution < 1.29 is 49.0 Å². The molecule has 50 heavy (non-hydrogen) atoms. The van der Waals surface area contributed by atoms with Gasteiger partial charge in [0.25, 0.3) is 0 Å². The quantitative estimate of drug-likeness (QED) is 0.0375. The summed E-state index contributed by atoms with van der Waals surface area (Å²) in [6.45, 7) is 3.16. The fourth-order valence-corrected chi connectivity index (χ4v) is 5.13. The number of hydrogen-bond acceptors (Lipinski definition) is 10. The molecule has 1 aliphatic heterocycles. The number of allylic oxidation sites excluding steroid dienone is 10. The predicted molar refractivity (Wildman–Crippen MR) is 196 cm³/mol. The van der Waals surface area contributed by atoms with E-state index in [0.29, 0.717) is 12.8 Å². The van der Waals surface area contributed by atoms with Crippen molar-refractivity contribution in [1.82, 2.24) is 0 Å². The van der Waals surface area contributed by atoms with Crippen LogP contribution in [0.3, 0.4) is 0 Å². The summed E-state index contributed by atoms with van der Waals surface area (Å²) in [6, 6.07) is 0. The lowest BCUT2D eigenvalue weighted by molar-refractivity contribution is -0.305. The Balaban J connectivity index is 2.49. The Kier molecular flexibility index (Phi) is 28.3. The second-order valence-corrected chi connectivity index (χ2v) is 12.6. The van der Waals surface area contributed by atoms with E-state index in [1.807, 2.05) is 12.2 Å². The molecular weight excluding hydrogens is 640 g/mol. The number of aliphatic hydroxyl groups excluding tert-OH is 4. The second kappa shape index (κ2) is 31.2. The van der Waals surface area contributed by atoms with E-state index in [0.717, 1.165) is 44.9 Å². The Morgan fingerprint density at radius 1 is 0.640 bits per heavy atom. The molecule has 3 unspecified atom stereocenters. The van der Waals surface area contributed by atoms with Crippen molar-refractivity contribution in [3.05, 3.63) is 60.8 Å². The summed E-state index contributed by atoms with van der Waals surface area (Å²) in [5.74, 6) is -0.941. The van der Waals surface area contributed by atoms with Crippen LogP contribution in [0.25, 0.3) is 0 Å². The molecule has 0 radical (unpaired) electrons. The van der Waals surface area contributed by atoms with Crippen molar-refractivity contribution in [1.29, 1.82) is 0 Å². The molecular formula is C40H66O10. The van der Waals surface area contributed by atoms with E-state index in [2.05, 4.69) is 62.5 Å². The zero-order chi connectivity index (χ0) is 36.7. The summed E-state index contributed by atoms with van der Waals surface area (Å²) in [6.07, 6.45) is 28.3. The average Bonchev–Trinajstić information content (AvgIpc) is 3.11. The predicted octanol–water partition coefficient (Wildman–Crippen LogP) is 6.71. The van der Waals surface area contributed by atoms with Gasteiger partial charge in [-0.25, -0.2) is 0 Å². The van der Waals surface area contributed by atoms with Gasteiger partial charge in [0.2, 0.25) is 0 Å². The summed E-state index contributed by atoms with van der Waals surface area (Å²) in [5, 5.41) is 39.9. The molecule has 1 saturated heterocycles. The lowest BCUT2D eigenvalue weighted by Crippen LogP contribution is -2.59. The number of carbonyl (C=O) groups excluding carboxylic acids is 2. The fraction of sp³-hybridized carbons (Fsp3) is 0.700. The Bertz CT molecular complexity index is 1000. The maximum absolute atomic E-state index is 12.6. The lowest BCUT2D eigenvalue weighted by Gasteiger charge is -2.39. The smallest absolute Gasteiger partial charge is 0.306 e. The highest BCUT2D eigenvalue weighted by Gasteiger charge is 2.44. The van der Waals surface area contributed by atoms with E-state index < -0.39 is 55.4 Å². The van der Waals surface area contributed by atoms with Crippen LogP contribution >= 0.6 is 0 Å². The molecule has 0 aliphatic carbocycles. The van der Waals surface area contributed by atoms with Crippen LogP contribution < -0.4 is 0 Å². The number of ether oxygens (including phenoxy) is 4. The largest absolute Gasteiger partial charge is 0.462 e. The van der Waals surface area contributed by atoms with Crippen LogP contribution in [0.2, 0.25) is 0 Å². The molecule has 1 aliphatic rings. The number of carbonyl (C=O) groups is 2. The van der Waals surface area contributed by atoms with E-state index >= 15 is 0 Å². The molecule has 0 spiro atoms. The highest BCUT2D eigenvalue weighted by Crippen LogP contribution is 2.22. The molecule has 0 aromatic carbocycles. The zero-order valence-corrected chi connectivity index (χ0v) is 30.6. The Morgan fingerprint density at radius 2 is 1.22 bits per heavy atom. The van der Waals surface area contributed by atoms with Crippen molar-refractivity contribution in [2.45, 2.75) is 160 Å². The molecule has 0 aromatic heterocycles. The van der Waals surface area contributed by atoms with Crippen LogP contribution in [0.5, 0.6) is 0 Å². The van der Waals surface area contributed by atoms with Crippen LogP contribution in [0.1, 0.15) is 123 Å². The molecule has 1 fully saturated rings. The number of hydrogen-bond donors (Lipinski definition) is 4. The van der Waals surface area contributed by atoms with Gasteiger partial charge in [0.1, 0.15) is 31.0 Å². The van der Waals surface area contributed by atoms with Gasteiger partial charge in [-0.05, 0) is 64.2 Å². The van der Waals surface area contributed by atoms with Gasteiger partial charge in [0.15, 0.2) is 12.4 Å². The first kappa shape index (κ1) is 45.4. The third-order valence-electron chi connectivity index (χ3n) is 8.15. The summed E-state index contributed by atoms with van der Waals surface area (Å²) in [4.78, 5) is 25.1. The van der Waals surface area contributed by atoms with E-state index in [9.17, 15) is 30.0 Å². The molecule has 1 heterocycles. The number of rotatable bonds is 29. The van der Waals surface area contributed by atoms with Crippen molar-refractivity contribution in [3.8, 4) is 0 Å². The molecule has 286 valence electrons. The van der Waals surface area contributed by atoms with Crippen molar-refractivity contribution >= 4 is 11.9 Å². The maximum Gasteiger partial charge on any atom is 0.306 e. The number of unbranched alkanes of at least 4 members (excludes halogenated alkanes) is 8. The summed E-state index contributed by atoms with van der Waals surface area (Å²) >= 11 is 0. The first-order valence-corrected chi connectivity index (χ1v) is 18.9. The normalized spacial score (nSPS) is 22.1. The van der Waals surface area contributed by atoms with Gasteiger partial charge in [-0.2, -0.15) is 0 Å². The summed E-state index contributed by atoms with van der Waals surface area (Å²) < 4.78 is 21.9. The van der Waals surface area contributed by atoms with Gasteiger partial charge >= 0.3 is 11.9 Å². The van der Waals surface area contributed by atoms with Crippen LogP contribution in [-0.2, 0) is 28.5 Å². The van der Waals surface area contributed by atoms with Gasteiger partial charge in [0, 0.05) is 12.8 Å². The van der Waals surface area contributed by atoms with Crippen LogP contribution in [0.4, 0.5) is 0 Å². The maximum atomic E-state index is 12.6. The monoisotopic (exact) mass is 706 g/mol. The van der Waals surface area contributed by atoms with Gasteiger partial charge in [0.05, 0.1) is 13.2 Å². The van der Waals surface area contributed by atoms with E-state index in [1.165, 1.54) is 38.5 Å². The van der Waals surface area contributed by atoms with Gasteiger partial charge in [-0.1, -0.05) is 107 Å². The van der Waals surface area contributed by atoms with Crippen LogP contribution in [-0.4, -0.2) is 89.0 Å². The van der Waals surface area contributed by atoms with E-state index in [1.54, 1.807) is 0 Å². The Hall–Kier alpha value is -2.60. The standard InChI is InChI=1S/C40H66O10/c1-3-5-7-9-11-13-15-17-19-21-23-25-27-29-36(43)49-33(32-48-40-39(46)38(45)37(44)34(30-41)50-40)31-47-35(42)28-26-24-22-20-18-16-14-12-10-8-6-4-2/h6,8,12,14,17-20,23,25,33-34,37-41,44-46H,3-5,7,9-11,13,15-16,21-22,24,26-32H2,1-2H3/b8-6+,14-12+,19-17+,20-18+,25-23+/t33?,34-,37+,38?,39?,40-/m1/s1. The number of esters is 2. The Morgan fingerprint density at radius 3 is 1.86 bits per heavy atom. The first-order valence-electron chi connectivity index (χ1n) is 18.9. The molecule has 4 N–H and O–H groups in total. The highest BCUT2D eigenvalue weighted by molar-refractivity contribution is 5.70. The first-order chi connectivity index (χ1) is 24.3. The van der Waals surface area contributed by atoms with Gasteiger partial charge in [-0.15, -0.1) is 0 Å². The molecule has 10 nitrogen and oxygen atoms in total. The van der Waals surface area contributed by atoms with Crippen LogP contribution in [0, 0.1) is 0 Å². The third kappa shape index (κ3) is 23.0. The minimum absolute atomic E-state index is 0.113. The van der Waals surface area contributed by atoms with E-state index in [4.69, 9.17) is 18.9 Å². The molecule has 0 saturated carbocycles. The second-order valence-electron chi connectivity index (χ2n) is 12.6. The van der Waals surface area contributed by atoms with Crippen LogP contribution in [0.15, 0.2) is 60.8 Å². The van der Waals surface area contributed by atoms with Gasteiger partial charge < -0.3 is 39.4 Å². The zero-order valence-electron chi connectivity index (χ0n) is 30.6. The average molecular weight is 707 g/mol. The van der Waals surface area contributed by atoms with Crippen molar-refractivity contribution in [3.63, 3.8) is 0 Å². The topological polar surface area (TPSA) is 152 Å². The van der Waals surface area contributed by atoms with Crippen molar-refractivity contribution in [2.75, 3.05) is 19.8 Å². The lowest BCUT2D eigenvalue weighted by atomic mass is 9.99. The Labute approximate surface area is 300 Å². The summed E-state index contributed by atoms with van der Waals surface area (Å²) in [5.41, 5.74) is 0. The fourth-order valence-electron chi connectivity index (χ4n) is 5.13. The minimum atomic E-state index is -1.61. The molecule has 0 bridgehead atoms. The molecule has 1 rings (SSSR count). The van der Waals surface area contributed by atoms with E-state index in [-0.39, 0.29) is 26.1 Å². The molecule has 0 aromatic rings. The SMILES string of the molecule is CC/C=C/C/C=C/C/C=C/CCCCC(=O)OCC(CO[C@@H]1O[C@H](CO)[C@H](O)C(O)C1O)OC(=O)CC/C=C/C/C=C/CCCCCCCC. The van der Waals surface area contributed by atoms with Gasteiger partial charge in [-0.3, -0.25) is 9.59 Å².